The van der Waals surface area contributed by atoms with Gasteiger partial charge in [0.05, 0.1) is 0 Å². The summed E-state index contributed by atoms with van der Waals surface area (Å²) in [6.45, 7) is 3.64. The number of aromatic hydroxyl groups is 1. The molecule has 0 radical (unpaired) electrons. The fraction of sp³-hybridized carbons (Fsp3) is 0.455. The van der Waals surface area contributed by atoms with E-state index in [9.17, 15) is 5.11 Å². The van der Waals surface area contributed by atoms with Gasteiger partial charge in [-0.25, -0.2) is 0 Å². The van der Waals surface area contributed by atoms with E-state index in [-0.39, 0.29) is 12.4 Å². The SMILES string of the molecule is Cl.NCCN1CCc2ccc(O)cc2C1. The third-order valence-electron chi connectivity index (χ3n) is 2.73. The molecule has 0 fully saturated rings. The number of nitrogens with two attached hydrogens (primary N) is 1. The number of halogens is 1. The summed E-state index contributed by atoms with van der Waals surface area (Å²) in [5, 5.41) is 9.36. The Morgan fingerprint density at radius 2 is 2.13 bits per heavy atom. The standard InChI is InChI=1S/C11H16N2O.ClH/c12-4-6-13-5-3-9-1-2-11(14)7-10(9)8-13;/h1-2,7,14H,3-6,8,12H2;1H. The van der Waals surface area contributed by atoms with E-state index in [4.69, 9.17) is 5.73 Å². The van der Waals surface area contributed by atoms with Gasteiger partial charge in [-0.05, 0) is 29.7 Å². The number of hydrogen-bond acceptors (Lipinski definition) is 3. The van der Waals surface area contributed by atoms with Gasteiger partial charge < -0.3 is 10.8 Å². The first-order valence-corrected chi connectivity index (χ1v) is 5.03. The highest BCUT2D eigenvalue weighted by molar-refractivity contribution is 5.85. The van der Waals surface area contributed by atoms with E-state index >= 15 is 0 Å². The van der Waals surface area contributed by atoms with Gasteiger partial charge in [-0.2, -0.15) is 0 Å². The van der Waals surface area contributed by atoms with Crippen LogP contribution in [0, 0.1) is 0 Å². The number of benzene rings is 1. The fourth-order valence-corrected chi connectivity index (χ4v) is 1.98. The highest BCUT2D eigenvalue weighted by Gasteiger charge is 2.15. The van der Waals surface area contributed by atoms with Crippen molar-refractivity contribution in [2.75, 3.05) is 19.6 Å². The van der Waals surface area contributed by atoms with Gasteiger partial charge in [0.15, 0.2) is 0 Å². The summed E-state index contributed by atoms with van der Waals surface area (Å²) in [6, 6.07) is 5.64. The lowest BCUT2D eigenvalue weighted by Gasteiger charge is -2.28. The normalized spacial score (nSPS) is 15.5. The van der Waals surface area contributed by atoms with Crippen LogP contribution in [0.3, 0.4) is 0 Å². The van der Waals surface area contributed by atoms with Crippen LogP contribution in [0.25, 0.3) is 0 Å². The van der Waals surface area contributed by atoms with Gasteiger partial charge in [-0.15, -0.1) is 12.4 Å². The molecule has 84 valence electrons. The molecule has 1 aromatic carbocycles. The number of phenolic OH excluding ortho intramolecular Hbond substituents is 1. The average molecular weight is 229 g/mol. The second kappa shape index (κ2) is 5.35. The molecule has 2 rings (SSSR count). The van der Waals surface area contributed by atoms with Crippen LogP contribution in [0.5, 0.6) is 5.75 Å². The Morgan fingerprint density at radius 1 is 1.33 bits per heavy atom. The zero-order valence-corrected chi connectivity index (χ0v) is 9.46. The molecule has 0 saturated carbocycles. The highest BCUT2D eigenvalue weighted by atomic mass is 35.5. The van der Waals surface area contributed by atoms with Crippen LogP contribution in [-0.2, 0) is 13.0 Å². The molecule has 0 bridgehead atoms. The Labute approximate surface area is 96.3 Å². The van der Waals surface area contributed by atoms with E-state index in [1.165, 1.54) is 11.1 Å². The Kier molecular flexibility index (Phi) is 4.39. The van der Waals surface area contributed by atoms with Gasteiger partial charge in [0.2, 0.25) is 0 Å². The molecule has 0 amide bonds. The van der Waals surface area contributed by atoms with Crippen LogP contribution in [0.1, 0.15) is 11.1 Å². The minimum Gasteiger partial charge on any atom is -0.508 e. The summed E-state index contributed by atoms with van der Waals surface area (Å²) in [7, 11) is 0. The smallest absolute Gasteiger partial charge is 0.115 e. The van der Waals surface area contributed by atoms with E-state index in [0.29, 0.717) is 12.3 Å². The quantitative estimate of drug-likeness (QED) is 0.798. The summed E-state index contributed by atoms with van der Waals surface area (Å²) >= 11 is 0. The molecule has 15 heavy (non-hydrogen) atoms. The molecule has 3 nitrogen and oxygen atoms in total. The van der Waals surface area contributed by atoms with Gasteiger partial charge in [0, 0.05) is 26.2 Å². The zero-order valence-electron chi connectivity index (χ0n) is 8.65. The van der Waals surface area contributed by atoms with Crippen molar-refractivity contribution in [3.05, 3.63) is 29.3 Å². The van der Waals surface area contributed by atoms with Crippen LogP contribution >= 0.6 is 12.4 Å². The van der Waals surface area contributed by atoms with Gasteiger partial charge in [0.1, 0.15) is 5.75 Å². The maximum Gasteiger partial charge on any atom is 0.115 e. The first-order chi connectivity index (χ1) is 6.79. The molecular weight excluding hydrogens is 212 g/mol. The zero-order chi connectivity index (χ0) is 9.97. The molecule has 1 aliphatic heterocycles. The Hall–Kier alpha value is -0.770. The van der Waals surface area contributed by atoms with E-state index in [0.717, 1.165) is 26.1 Å². The third kappa shape index (κ3) is 2.84. The lowest BCUT2D eigenvalue weighted by Crippen LogP contribution is -2.34. The van der Waals surface area contributed by atoms with Crippen molar-refractivity contribution in [3.8, 4) is 5.75 Å². The summed E-state index contributed by atoms with van der Waals surface area (Å²) < 4.78 is 0. The van der Waals surface area contributed by atoms with Gasteiger partial charge in [-0.3, -0.25) is 4.90 Å². The van der Waals surface area contributed by atoms with Crippen LogP contribution in [0.2, 0.25) is 0 Å². The largest absolute Gasteiger partial charge is 0.508 e. The van der Waals surface area contributed by atoms with Crippen molar-refractivity contribution >= 4 is 12.4 Å². The minimum atomic E-state index is 0. The highest BCUT2D eigenvalue weighted by Crippen LogP contribution is 2.22. The second-order valence-electron chi connectivity index (χ2n) is 3.77. The summed E-state index contributed by atoms with van der Waals surface area (Å²) in [5.41, 5.74) is 8.12. The van der Waals surface area contributed by atoms with Crippen molar-refractivity contribution in [2.45, 2.75) is 13.0 Å². The molecule has 0 aliphatic carbocycles. The van der Waals surface area contributed by atoms with E-state index < -0.39 is 0 Å². The van der Waals surface area contributed by atoms with Crippen molar-refractivity contribution in [3.63, 3.8) is 0 Å². The van der Waals surface area contributed by atoms with Gasteiger partial charge >= 0.3 is 0 Å². The Morgan fingerprint density at radius 3 is 2.87 bits per heavy atom. The number of nitrogens with zero attached hydrogens (tertiary/aromatic N) is 1. The van der Waals surface area contributed by atoms with Crippen LogP contribution in [-0.4, -0.2) is 29.6 Å². The molecule has 1 aromatic rings. The molecule has 1 aliphatic rings. The summed E-state index contributed by atoms with van der Waals surface area (Å²) in [6.07, 6.45) is 1.07. The number of hydrogen-bond donors (Lipinski definition) is 2. The Bertz CT molecular complexity index is 330. The molecule has 3 N–H and O–H groups in total. The Balaban J connectivity index is 0.00000112. The summed E-state index contributed by atoms with van der Waals surface area (Å²) in [5.74, 6) is 0.360. The number of phenols is 1. The first kappa shape index (κ1) is 12.3. The van der Waals surface area contributed by atoms with Crippen LogP contribution < -0.4 is 5.73 Å². The van der Waals surface area contributed by atoms with E-state index in [1.54, 1.807) is 6.07 Å². The predicted molar refractivity (Wildman–Crippen MR) is 63.4 cm³/mol. The van der Waals surface area contributed by atoms with E-state index in [1.807, 2.05) is 12.1 Å². The van der Waals surface area contributed by atoms with Gasteiger partial charge in [-0.1, -0.05) is 6.07 Å². The topological polar surface area (TPSA) is 49.5 Å². The van der Waals surface area contributed by atoms with Crippen molar-refractivity contribution in [1.29, 1.82) is 0 Å². The molecule has 0 unspecified atom stereocenters. The maximum atomic E-state index is 9.36. The van der Waals surface area contributed by atoms with Crippen LogP contribution in [0.15, 0.2) is 18.2 Å². The number of rotatable bonds is 2. The van der Waals surface area contributed by atoms with E-state index in [2.05, 4.69) is 4.90 Å². The first-order valence-electron chi connectivity index (χ1n) is 5.03. The molecule has 0 spiro atoms. The van der Waals surface area contributed by atoms with Gasteiger partial charge in [0.25, 0.3) is 0 Å². The molecule has 0 aromatic heterocycles. The van der Waals surface area contributed by atoms with Crippen molar-refractivity contribution < 1.29 is 5.11 Å². The molecule has 4 heteroatoms. The average Bonchev–Trinajstić information content (AvgIpc) is 2.17. The second-order valence-corrected chi connectivity index (χ2v) is 3.77. The monoisotopic (exact) mass is 228 g/mol. The number of fused-ring (bicyclic) bond motifs is 1. The van der Waals surface area contributed by atoms with Crippen LogP contribution in [0.4, 0.5) is 0 Å². The lowest BCUT2D eigenvalue weighted by molar-refractivity contribution is 0.261. The van der Waals surface area contributed by atoms with Crippen molar-refractivity contribution in [2.24, 2.45) is 5.73 Å². The maximum absolute atomic E-state index is 9.36. The fourth-order valence-electron chi connectivity index (χ4n) is 1.98. The molecular formula is C11H17ClN2O. The van der Waals surface area contributed by atoms with Crippen molar-refractivity contribution in [1.82, 2.24) is 4.90 Å². The molecule has 0 atom stereocenters. The molecule has 1 heterocycles. The minimum absolute atomic E-state index is 0. The molecule has 0 saturated heterocycles. The summed E-state index contributed by atoms with van der Waals surface area (Å²) in [4.78, 5) is 2.32. The lowest BCUT2D eigenvalue weighted by atomic mass is 9.99. The third-order valence-corrected chi connectivity index (χ3v) is 2.73. The predicted octanol–water partition coefficient (Wildman–Crippen LogP) is 1.13.